The van der Waals surface area contributed by atoms with Crippen LogP contribution in [-0.2, 0) is 11.3 Å². The van der Waals surface area contributed by atoms with Gasteiger partial charge < -0.3 is 20.3 Å². The maximum atomic E-state index is 11.6. The van der Waals surface area contributed by atoms with E-state index in [9.17, 15) is 4.79 Å². The molecule has 0 aromatic heterocycles. The number of benzene rings is 1. The molecule has 25 heavy (non-hydrogen) atoms. The predicted octanol–water partition coefficient (Wildman–Crippen LogP) is 3.04. The lowest BCUT2D eigenvalue weighted by molar-refractivity contribution is 0.111. The fourth-order valence-corrected chi connectivity index (χ4v) is 3.33. The Bertz CT molecular complexity index is 613. The number of hydrogen-bond donors (Lipinski definition) is 2. The summed E-state index contributed by atoms with van der Waals surface area (Å²) in [6.45, 7) is 7.01. The summed E-state index contributed by atoms with van der Waals surface area (Å²) in [6, 6.07) is 6.56. The fourth-order valence-electron chi connectivity index (χ4n) is 2.85. The third kappa shape index (κ3) is 5.92. The second-order valence-corrected chi connectivity index (χ2v) is 7.06. The van der Waals surface area contributed by atoms with E-state index >= 15 is 0 Å². The van der Waals surface area contributed by atoms with Crippen LogP contribution in [0.3, 0.4) is 0 Å². The lowest BCUT2D eigenvalue weighted by atomic mass is 10.1. The number of ether oxygens (including phenoxy) is 1. The first-order chi connectivity index (χ1) is 12.0. The van der Waals surface area contributed by atoms with E-state index in [0.29, 0.717) is 25.7 Å². The highest BCUT2D eigenvalue weighted by atomic mass is 79.9. The summed E-state index contributed by atoms with van der Waals surface area (Å²) in [6.07, 6.45) is 1.53. The normalized spacial score (nSPS) is 15.8. The van der Waals surface area contributed by atoms with Crippen molar-refractivity contribution in [3.63, 3.8) is 0 Å². The van der Waals surface area contributed by atoms with E-state index in [1.54, 1.807) is 4.90 Å². The lowest BCUT2D eigenvalue weighted by Crippen LogP contribution is -2.49. The molecule has 1 aromatic rings. The summed E-state index contributed by atoms with van der Waals surface area (Å²) in [5.74, 6) is 0.821. The SMILES string of the molecule is CCNC(=NCc1ccc(Br)cc1C)NC1CCN(C(=O)OC)CC1. The number of nitrogens with zero attached hydrogens (tertiary/aromatic N) is 2. The molecule has 1 fully saturated rings. The van der Waals surface area contributed by atoms with Crippen molar-refractivity contribution in [3.8, 4) is 0 Å². The molecule has 138 valence electrons. The topological polar surface area (TPSA) is 66.0 Å². The molecule has 0 bridgehead atoms. The quantitative estimate of drug-likeness (QED) is 0.591. The van der Waals surface area contributed by atoms with E-state index in [-0.39, 0.29) is 6.09 Å². The number of methoxy groups -OCH3 is 1. The van der Waals surface area contributed by atoms with E-state index in [4.69, 9.17) is 9.73 Å². The first kappa shape index (κ1) is 19.6. The summed E-state index contributed by atoms with van der Waals surface area (Å²) in [5.41, 5.74) is 2.43. The van der Waals surface area contributed by atoms with Gasteiger partial charge in [-0.2, -0.15) is 0 Å². The minimum atomic E-state index is -0.246. The molecule has 1 amide bonds. The molecule has 0 spiro atoms. The molecule has 1 aliphatic rings. The molecule has 0 aliphatic carbocycles. The highest BCUT2D eigenvalue weighted by Gasteiger charge is 2.23. The molecule has 1 aromatic carbocycles. The van der Waals surface area contributed by atoms with Gasteiger partial charge in [0.15, 0.2) is 5.96 Å². The first-order valence-corrected chi connectivity index (χ1v) is 9.45. The van der Waals surface area contributed by atoms with Gasteiger partial charge in [-0.15, -0.1) is 0 Å². The number of carbonyl (C=O) groups excluding carboxylic acids is 1. The monoisotopic (exact) mass is 410 g/mol. The van der Waals surface area contributed by atoms with Crippen LogP contribution < -0.4 is 10.6 Å². The Hall–Kier alpha value is -1.76. The zero-order valence-corrected chi connectivity index (χ0v) is 16.7. The van der Waals surface area contributed by atoms with Crippen molar-refractivity contribution in [2.75, 3.05) is 26.7 Å². The van der Waals surface area contributed by atoms with Gasteiger partial charge in [0.05, 0.1) is 13.7 Å². The van der Waals surface area contributed by atoms with Crippen LogP contribution in [0.15, 0.2) is 27.7 Å². The van der Waals surface area contributed by atoms with E-state index < -0.39 is 0 Å². The van der Waals surface area contributed by atoms with Crippen LogP contribution in [0.4, 0.5) is 4.79 Å². The van der Waals surface area contributed by atoms with Gasteiger partial charge in [0.2, 0.25) is 0 Å². The predicted molar refractivity (Wildman–Crippen MR) is 104 cm³/mol. The number of amides is 1. The van der Waals surface area contributed by atoms with Gasteiger partial charge in [0.1, 0.15) is 0 Å². The van der Waals surface area contributed by atoms with Crippen LogP contribution in [0.5, 0.6) is 0 Å². The number of halogens is 1. The summed E-state index contributed by atoms with van der Waals surface area (Å²) < 4.78 is 5.86. The zero-order valence-electron chi connectivity index (χ0n) is 15.1. The largest absolute Gasteiger partial charge is 0.453 e. The molecule has 1 heterocycles. The van der Waals surface area contributed by atoms with Crippen LogP contribution in [0.25, 0.3) is 0 Å². The molecular weight excluding hydrogens is 384 g/mol. The van der Waals surface area contributed by atoms with Crippen molar-refractivity contribution in [1.29, 1.82) is 0 Å². The van der Waals surface area contributed by atoms with Gasteiger partial charge in [-0.25, -0.2) is 9.79 Å². The molecule has 0 saturated carbocycles. The Morgan fingerprint density at radius 3 is 2.72 bits per heavy atom. The Balaban J connectivity index is 1.93. The van der Waals surface area contributed by atoms with Gasteiger partial charge in [-0.05, 0) is 49.9 Å². The van der Waals surface area contributed by atoms with Crippen molar-refractivity contribution >= 4 is 28.0 Å². The second-order valence-electron chi connectivity index (χ2n) is 6.14. The van der Waals surface area contributed by atoms with Crippen LogP contribution >= 0.6 is 15.9 Å². The van der Waals surface area contributed by atoms with Gasteiger partial charge in [-0.3, -0.25) is 0 Å². The molecule has 1 aliphatic heterocycles. The summed E-state index contributed by atoms with van der Waals surface area (Å²) in [5, 5.41) is 6.79. The Kier molecular flexibility index (Phi) is 7.55. The van der Waals surface area contributed by atoms with Crippen LogP contribution in [0.1, 0.15) is 30.9 Å². The average Bonchev–Trinajstić information content (AvgIpc) is 2.61. The van der Waals surface area contributed by atoms with Crippen molar-refractivity contribution in [2.45, 2.75) is 39.3 Å². The fraction of sp³-hybridized carbons (Fsp3) is 0.556. The van der Waals surface area contributed by atoms with Gasteiger partial charge in [-0.1, -0.05) is 22.0 Å². The van der Waals surface area contributed by atoms with Crippen LogP contribution in [-0.4, -0.2) is 49.7 Å². The third-order valence-corrected chi connectivity index (χ3v) is 4.82. The number of carbonyl (C=O) groups is 1. The van der Waals surface area contributed by atoms with Crippen LogP contribution in [0.2, 0.25) is 0 Å². The second kappa shape index (κ2) is 9.65. The molecule has 7 heteroatoms. The lowest BCUT2D eigenvalue weighted by Gasteiger charge is -2.32. The maximum absolute atomic E-state index is 11.6. The molecule has 2 N–H and O–H groups in total. The smallest absolute Gasteiger partial charge is 0.409 e. The number of piperidine rings is 1. The minimum Gasteiger partial charge on any atom is -0.453 e. The standard InChI is InChI=1S/C18H27BrN4O2/c1-4-20-17(21-12-14-5-6-15(19)11-13(14)2)22-16-7-9-23(10-8-16)18(24)25-3/h5-6,11,16H,4,7-10,12H2,1-3H3,(H2,20,21,22). The van der Waals surface area contributed by atoms with Gasteiger partial charge >= 0.3 is 6.09 Å². The van der Waals surface area contributed by atoms with Gasteiger partial charge in [0, 0.05) is 30.1 Å². The van der Waals surface area contributed by atoms with Crippen molar-refractivity contribution < 1.29 is 9.53 Å². The van der Waals surface area contributed by atoms with Gasteiger partial charge in [0.25, 0.3) is 0 Å². The number of likely N-dealkylation sites (tertiary alicyclic amines) is 1. The number of aliphatic imine (C=N–C) groups is 1. The third-order valence-electron chi connectivity index (χ3n) is 4.32. The molecule has 0 unspecified atom stereocenters. The maximum Gasteiger partial charge on any atom is 0.409 e. The molecule has 0 radical (unpaired) electrons. The van der Waals surface area contributed by atoms with E-state index in [1.807, 2.05) is 6.07 Å². The average molecular weight is 411 g/mol. The first-order valence-electron chi connectivity index (χ1n) is 8.66. The number of guanidine groups is 1. The highest BCUT2D eigenvalue weighted by Crippen LogP contribution is 2.16. The number of rotatable bonds is 4. The van der Waals surface area contributed by atoms with Crippen LogP contribution in [0, 0.1) is 6.92 Å². The molecule has 0 atom stereocenters. The highest BCUT2D eigenvalue weighted by molar-refractivity contribution is 9.10. The number of hydrogen-bond acceptors (Lipinski definition) is 3. The molecule has 2 rings (SSSR count). The molecule has 6 nitrogen and oxygen atoms in total. The van der Waals surface area contributed by atoms with Crippen molar-refractivity contribution in [2.24, 2.45) is 4.99 Å². The number of nitrogens with one attached hydrogen (secondary N) is 2. The Morgan fingerprint density at radius 1 is 1.40 bits per heavy atom. The van der Waals surface area contributed by atoms with E-state index in [2.05, 4.69) is 52.5 Å². The summed E-state index contributed by atoms with van der Waals surface area (Å²) in [4.78, 5) is 18.0. The van der Waals surface area contributed by atoms with Crippen molar-refractivity contribution in [3.05, 3.63) is 33.8 Å². The van der Waals surface area contributed by atoms with E-state index in [1.165, 1.54) is 18.2 Å². The molecular formula is C18H27BrN4O2. The molecule has 1 saturated heterocycles. The Labute approximate surface area is 158 Å². The zero-order chi connectivity index (χ0) is 18.2. The minimum absolute atomic E-state index is 0.246. The summed E-state index contributed by atoms with van der Waals surface area (Å²) >= 11 is 3.49. The summed E-state index contributed by atoms with van der Waals surface area (Å²) in [7, 11) is 1.42. The number of aryl methyl sites for hydroxylation is 1. The Morgan fingerprint density at radius 2 is 2.12 bits per heavy atom. The van der Waals surface area contributed by atoms with Crippen molar-refractivity contribution in [1.82, 2.24) is 15.5 Å². The van der Waals surface area contributed by atoms with E-state index in [0.717, 1.165) is 29.8 Å².